The number of sulfonamides is 1. The molecule has 0 saturated heterocycles. The third kappa shape index (κ3) is 5.63. The molecular formula is C19H20N4O3S3. The average molecular weight is 449 g/mol. The monoisotopic (exact) mass is 448 g/mol. The van der Waals surface area contributed by atoms with Crippen molar-refractivity contribution in [2.45, 2.75) is 28.3 Å². The second-order valence-corrected chi connectivity index (χ2v) is 10.3. The molecule has 2 N–H and O–H groups in total. The van der Waals surface area contributed by atoms with E-state index in [0.29, 0.717) is 16.6 Å². The van der Waals surface area contributed by atoms with Crippen molar-refractivity contribution in [2.24, 2.45) is 0 Å². The second kappa shape index (κ2) is 9.49. The molecule has 152 valence electrons. The van der Waals surface area contributed by atoms with Crippen molar-refractivity contribution in [1.82, 2.24) is 14.9 Å². The van der Waals surface area contributed by atoms with Crippen LogP contribution in [0, 0.1) is 6.92 Å². The van der Waals surface area contributed by atoms with Gasteiger partial charge in [-0.2, -0.15) is 0 Å². The average Bonchev–Trinajstić information content (AvgIpc) is 3.12. The zero-order chi connectivity index (χ0) is 20.9. The Morgan fingerprint density at radius 2 is 1.79 bits per heavy atom. The van der Waals surface area contributed by atoms with Crippen LogP contribution in [0.3, 0.4) is 0 Å². The Morgan fingerprint density at radius 1 is 1.10 bits per heavy atom. The summed E-state index contributed by atoms with van der Waals surface area (Å²) < 4.78 is 27.2. The van der Waals surface area contributed by atoms with Gasteiger partial charge in [0, 0.05) is 12.2 Å². The molecule has 0 aliphatic heterocycles. The number of thioether (sulfide) groups is 1. The van der Waals surface area contributed by atoms with E-state index in [1.807, 2.05) is 37.3 Å². The quantitative estimate of drug-likeness (QED) is 0.511. The number of aromatic nitrogens is 2. The fourth-order valence-corrected chi connectivity index (χ4v) is 5.58. The number of carbonyl (C=O) groups excluding carboxylic acids is 1. The van der Waals surface area contributed by atoms with Gasteiger partial charge >= 0.3 is 0 Å². The minimum absolute atomic E-state index is 0.149. The number of rotatable bonds is 8. The van der Waals surface area contributed by atoms with E-state index in [0.717, 1.165) is 10.6 Å². The maximum absolute atomic E-state index is 13.0. The summed E-state index contributed by atoms with van der Waals surface area (Å²) in [5.74, 6) is -0.226. The molecule has 0 radical (unpaired) electrons. The SMILES string of the molecule is CCNS(=O)(=O)c1ccc(NC(=O)[C@@H](Sc2nnc(C)s2)c2ccccc2)cc1. The van der Waals surface area contributed by atoms with E-state index >= 15 is 0 Å². The first kappa shape index (κ1) is 21.4. The molecule has 0 spiro atoms. The standard InChI is InChI=1S/C19H20N4O3S3/c1-3-20-29(25,26)16-11-9-15(10-12-16)21-18(24)17(14-7-5-4-6-8-14)28-19-23-22-13(2)27-19/h4-12,17,20H,3H2,1-2H3,(H,21,24)/t17-/m0/s1. The number of benzene rings is 2. The minimum atomic E-state index is -3.53. The molecule has 2 aromatic carbocycles. The molecule has 3 rings (SSSR count). The summed E-state index contributed by atoms with van der Waals surface area (Å²) in [6.45, 7) is 3.89. The highest BCUT2D eigenvalue weighted by atomic mass is 32.2. The summed E-state index contributed by atoms with van der Waals surface area (Å²) in [6.07, 6.45) is 0. The van der Waals surface area contributed by atoms with Gasteiger partial charge in [0.2, 0.25) is 15.9 Å². The lowest BCUT2D eigenvalue weighted by Gasteiger charge is -2.16. The Labute approximate surface area is 178 Å². The van der Waals surface area contributed by atoms with Crippen molar-refractivity contribution >= 4 is 44.7 Å². The lowest BCUT2D eigenvalue weighted by molar-refractivity contribution is -0.115. The van der Waals surface area contributed by atoms with Gasteiger partial charge in [0.05, 0.1) is 4.90 Å². The van der Waals surface area contributed by atoms with Crippen LogP contribution in [0.4, 0.5) is 5.69 Å². The van der Waals surface area contributed by atoms with E-state index in [1.54, 1.807) is 19.1 Å². The highest BCUT2D eigenvalue weighted by Crippen LogP contribution is 2.37. The van der Waals surface area contributed by atoms with Gasteiger partial charge in [-0.25, -0.2) is 13.1 Å². The first-order valence-electron chi connectivity index (χ1n) is 8.81. The highest BCUT2D eigenvalue weighted by molar-refractivity contribution is 8.01. The molecule has 1 aromatic heterocycles. The molecule has 0 fully saturated rings. The third-order valence-electron chi connectivity index (χ3n) is 3.83. The molecule has 10 heteroatoms. The van der Waals surface area contributed by atoms with Crippen molar-refractivity contribution in [3.05, 3.63) is 65.2 Å². The number of hydrogen-bond acceptors (Lipinski definition) is 7. The highest BCUT2D eigenvalue weighted by Gasteiger charge is 2.24. The first-order chi connectivity index (χ1) is 13.9. The number of nitrogens with one attached hydrogen (secondary N) is 2. The van der Waals surface area contributed by atoms with Gasteiger partial charge in [-0.05, 0) is 36.8 Å². The van der Waals surface area contributed by atoms with E-state index in [9.17, 15) is 13.2 Å². The lowest BCUT2D eigenvalue weighted by Crippen LogP contribution is -2.23. The van der Waals surface area contributed by atoms with Crippen LogP contribution in [0.25, 0.3) is 0 Å². The number of aryl methyl sites for hydroxylation is 1. The number of nitrogens with zero attached hydrogens (tertiary/aromatic N) is 2. The number of carbonyl (C=O) groups is 1. The van der Waals surface area contributed by atoms with Gasteiger partial charge in [0.25, 0.3) is 0 Å². The van der Waals surface area contributed by atoms with Crippen LogP contribution in [-0.2, 0) is 14.8 Å². The molecule has 1 atom stereocenters. The summed E-state index contributed by atoms with van der Waals surface area (Å²) in [4.78, 5) is 13.2. The molecule has 0 unspecified atom stereocenters. The van der Waals surface area contributed by atoms with Gasteiger partial charge in [0.15, 0.2) is 4.34 Å². The fraction of sp³-hybridized carbons (Fsp3) is 0.211. The molecule has 0 bridgehead atoms. The van der Waals surface area contributed by atoms with Crippen LogP contribution >= 0.6 is 23.1 Å². The lowest BCUT2D eigenvalue weighted by atomic mass is 10.1. The number of amides is 1. The Morgan fingerprint density at radius 3 is 2.38 bits per heavy atom. The predicted molar refractivity (Wildman–Crippen MR) is 116 cm³/mol. The summed E-state index contributed by atoms with van der Waals surface area (Å²) in [7, 11) is -3.53. The van der Waals surface area contributed by atoms with Gasteiger partial charge in [-0.3, -0.25) is 4.79 Å². The van der Waals surface area contributed by atoms with Gasteiger partial charge in [-0.15, -0.1) is 10.2 Å². The summed E-state index contributed by atoms with van der Waals surface area (Å²) in [5.41, 5.74) is 1.36. The molecule has 7 nitrogen and oxygen atoms in total. The fourth-order valence-electron chi connectivity index (χ4n) is 2.53. The Bertz CT molecular complexity index is 1070. The smallest absolute Gasteiger partial charge is 0.242 e. The van der Waals surface area contributed by atoms with Gasteiger partial charge in [-0.1, -0.05) is 60.4 Å². The third-order valence-corrected chi connectivity index (χ3v) is 7.57. The van der Waals surface area contributed by atoms with Crippen molar-refractivity contribution in [3.8, 4) is 0 Å². The molecule has 1 amide bonds. The maximum atomic E-state index is 13.0. The zero-order valence-corrected chi connectivity index (χ0v) is 18.3. The first-order valence-corrected chi connectivity index (χ1v) is 12.0. The van der Waals surface area contributed by atoms with E-state index in [4.69, 9.17) is 0 Å². The normalized spacial score (nSPS) is 12.5. The number of anilines is 1. The van der Waals surface area contributed by atoms with Crippen LogP contribution in [0.1, 0.15) is 22.7 Å². The van der Waals surface area contributed by atoms with Crippen LogP contribution in [0.5, 0.6) is 0 Å². The second-order valence-electron chi connectivity index (χ2n) is 6.01. The molecule has 1 heterocycles. The summed E-state index contributed by atoms with van der Waals surface area (Å²) in [6, 6.07) is 15.5. The van der Waals surface area contributed by atoms with Gasteiger partial charge < -0.3 is 5.32 Å². The van der Waals surface area contributed by atoms with Crippen molar-refractivity contribution in [3.63, 3.8) is 0 Å². The molecule has 29 heavy (non-hydrogen) atoms. The van der Waals surface area contributed by atoms with Crippen LogP contribution in [0.15, 0.2) is 63.8 Å². The molecule has 0 aliphatic rings. The minimum Gasteiger partial charge on any atom is -0.325 e. The van der Waals surface area contributed by atoms with Crippen molar-refractivity contribution in [2.75, 3.05) is 11.9 Å². The zero-order valence-electron chi connectivity index (χ0n) is 15.8. The Balaban J connectivity index is 1.79. The maximum Gasteiger partial charge on any atom is 0.242 e. The molecule has 0 aliphatic carbocycles. The topological polar surface area (TPSA) is 101 Å². The van der Waals surface area contributed by atoms with Crippen molar-refractivity contribution < 1.29 is 13.2 Å². The van der Waals surface area contributed by atoms with E-state index in [-0.39, 0.29) is 10.8 Å². The van der Waals surface area contributed by atoms with Gasteiger partial charge in [0.1, 0.15) is 10.3 Å². The Kier molecular flexibility index (Phi) is 7.01. The van der Waals surface area contributed by atoms with Crippen LogP contribution < -0.4 is 10.0 Å². The van der Waals surface area contributed by atoms with Crippen LogP contribution in [-0.4, -0.2) is 31.1 Å². The summed E-state index contributed by atoms with van der Waals surface area (Å²) in [5, 5.41) is 11.3. The van der Waals surface area contributed by atoms with E-state index in [2.05, 4.69) is 20.2 Å². The van der Waals surface area contributed by atoms with Crippen LogP contribution in [0.2, 0.25) is 0 Å². The Hall–Kier alpha value is -2.27. The largest absolute Gasteiger partial charge is 0.325 e. The molecule has 3 aromatic rings. The summed E-state index contributed by atoms with van der Waals surface area (Å²) >= 11 is 2.76. The molecule has 0 saturated carbocycles. The van der Waals surface area contributed by atoms with Crippen molar-refractivity contribution in [1.29, 1.82) is 0 Å². The molecular weight excluding hydrogens is 428 g/mol. The van der Waals surface area contributed by atoms with E-state index in [1.165, 1.54) is 35.2 Å². The van der Waals surface area contributed by atoms with E-state index < -0.39 is 15.3 Å². The predicted octanol–water partition coefficient (Wildman–Crippen LogP) is 3.62. The number of hydrogen-bond donors (Lipinski definition) is 2.